The molecule has 0 aliphatic carbocycles. The van der Waals surface area contributed by atoms with Crippen LogP contribution in [0.3, 0.4) is 0 Å². The summed E-state index contributed by atoms with van der Waals surface area (Å²) in [5.41, 5.74) is 0.0228. The van der Waals surface area contributed by atoms with Gasteiger partial charge in [0.2, 0.25) is 0 Å². The summed E-state index contributed by atoms with van der Waals surface area (Å²) < 4.78 is 5.86. The molecule has 0 N–H and O–H groups in total. The van der Waals surface area contributed by atoms with Crippen LogP contribution >= 0.6 is 0 Å². The van der Waals surface area contributed by atoms with E-state index in [0.717, 1.165) is 25.9 Å². The Morgan fingerprint density at radius 3 is 2.60 bits per heavy atom. The van der Waals surface area contributed by atoms with Gasteiger partial charge in [-0.25, -0.2) is 0 Å². The Morgan fingerprint density at radius 1 is 1.47 bits per heavy atom. The lowest BCUT2D eigenvalue weighted by Gasteiger charge is -2.30. The minimum absolute atomic E-state index is 0.0228. The van der Waals surface area contributed by atoms with Gasteiger partial charge < -0.3 is 4.74 Å². The van der Waals surface area contributed by atoms with E-state index in [2.05, 4.69) is 32.8 Å². The van der Waals surface area contributed by atoms with E-state index in [4.69, 9.17) is 11.2 Å². The predicted octanol–water partition coefficient (Wildman–Crippen LogP) is 3.80. The van der Waals surface area contributed by atoms with Crippen LogP contribution in [0.25, 0.3) is 0 Å². The number of unbranched alkanes of at least 4 members (excludes halogenated alkanes) is 1. The molecule has 0 amide bonds. The lowest BCUT2D eigenvalue weighted by Crippen LogP contribution is -2.30. The Balaban J connectivity index is 4.31. The van der Waals surface area contributed by atoms with Crippen LogP contribution in [-0.2, 0) is 4.74 Å². The Bertz CT molecular complexity index is 220. The fraction of sp³-hybridized carbons (Fsp3) is 0.714. The zero-order valence-corrected chi connectivity index (χ0v) is 10.5. The predicted molar refractivity (Wildman–Crippen MR) is 66.7 cm³/mol. The van der Waals surface area contributed by atoms with Crippen LogP contribution in [0, 0.1) is 17.8 Å². The number of rotatable bonds is 7. The first-order chi connectivity index (χ1) is 7.08. The molecule has 0 aromatic rings. The van der Waals surface area contributed by atoms with Crippen LogP contribution in [0.1, 0.15) is 47.0 Å². The highest BCUT2D eigenvalue weighted by molar-refractivity contribution is 5.01. The molecule has 86 valence electrons. The molecule has 1 atom stereocenters. The molecule has 0 aliphatic heterocycles. The topological polar surface area (TPSA) is 9.23 Å². The van der Waals surface area contributed by atoms with Gasteiger partial charge in [0.05, 0.1) is 6.10 Å². The molecule has 0 saturated heterocycles. The quantitative estimate of drug-likeness (QED) is 0.351. The third-order valence-electron chi connectivity index (χ3n) is 2.49. The maximum absolute atomic E-state index is 5.86. The molecule has 0 aromatic carbocycles. The summed E-state index contributed by atoms with van der Waals surface area (Å²) in [7, 11) is 0. The van der Waals surface area contributed by atoms with Crippen molar-refractivity contribution in [3.05, 3.63) is 12.2 Å². The minimum Gasteiger partial charge on any atom is -0.374 e. The minimum atomic E-state index is 0.0228. The SMILES string of the molecule is C#CCC(C)(C)[C@H](C=CC)OCCCC. The summed E-state index contributed by atoms with van der Waals surface area (Å²) in [5.74, 6) is 2.72. The van der Waals surface area contributed by atoms with E-state index < -0.39 is 0 Å². The molecule has 0 bridgehead atoms. The molecule has 1 nitrogen and oxygen atoms in total. The average Bonchev–Trinajstić information content (AvgIpc) is 2.16. The lowest BCUT2D eigenvalue weighted by molar-refractivity contribution is 0.00740. The maximum Gasteiger partial charge on any atom is 0.0815 e. The van der Waals surface area contributed by atoms with Gasteiger partial charge >= 0.3 is 0 Å². The molecule has 0 fully saturated rings. The molecule has 0 rings (SSSR count). The van der Waals surface area contributed by atoms with Gasteiger partial charge in [-0.05, 0) is 13.3 Å². The van der Waals surface area contributed by atoms with E-state index in [1.165, 1.54) is 0 Å². The van der Waals surface area contributed by atoms with Crippen molar-refractivity contribution >= 4 is 0 Å². The van der Waals surface area contributed by atoms with E-state index >= 15 is 0 Å². The highest BCUT2D eigenvalue weighted by atomic mass is 16.5. The summed E-state index contributed by atoms with van der Waals surface area (Å²) in [4.78, 5) is 0. The molecule has 0 spiro atoms. The summed E-state index contributed by atoms with van der Waals surface area (Å²) >= 11 is 0. The molecule has 0 unspecified atom stereocenters. The van der Waals surface area contributed by atoms with E-state index in [0.29, 0.717) is 0 Å². The first kappa shape index (κ1) is 14.3. The molecule has 0 heterocycles. The molecule has 0 radical (unpaired) electrons. The first-order valence-electron chi connectivity index (χ1n) is 5.76. The second kappa shape index (κ2) is 7.54. The van der Waals surface area contributed by atoms with E-state index in [9.17, 15) is 0 Å². The van der Waals surface area contributed by atoms with Crippen LogP contribution < -0.4 is 0 Å². The van der Waals surface area contributed by atoms with Crippen LogP contribution in [0.2, 0.25) is 0 Å². The number of allylic oxidation sites excluding steroid dienone is 1. The lowest BCUT2D eigenvalue weighted by atomic mass is 9.83. The van der Waals surface area contributed by atoms with Crippen molar-refractivity contribution in [2.75, 3.05) is 6.61 Å². The summed E-state index contributed by atoms with van der Waals surface area (Å²) in [6.07, 6.45) is 12.7. The molecule has 1 heteroatoms. The second-order valence-electron chi connectivity index (χ2n) is 4.54. The summed E-state index contributed by atoms with van der Waals surface area (Å²) in [6, 6.07) is 0. The van der Waals surface area contributed by atoms with Crippen LogP contribution in [0.15, 0.2) is 12.2 Å². The van der Waals surface area contributed by atoms with Gasteiger partial charge in [-0.15, -0.1) is 12.3 Å². The average molecular weight is 208 g/mol. The third kappa shape index (κ3) is 5.64. The van der Waals surface area contributed by atoms with E-state index in [-0.39, 0.29) is 11.5 Å². The largest absolute Gasteiger partial charge is 0.374 e. The number of hydrogen-bond acceptors (Lipinski definition) is 1. The van der Waals surface area contributed by atoms with Crippen LogP contribution in [0.4, 0.5) is 0 Å². The van der Waals surface area contributed by atoms with Gasteiger partial charge in [-0.1, -0.05) is 39.3 Å². The van der Waals surface area contributed by atoms with Crippen molar-refractivity contribution in [3.8, 4) is 12.3 Å². The van der Waals surface area contributed by atoms with Gasteiger partial charge in [0.1, 0.15) is 0 Å². The Kier molecular flexibility index (Phi) is 7.17. The van der Waals surface area contributed by atoms with E-state index in [1.54, 1.807) is 0 Å². The normalized spacial score (nSPS) is 14.1. The fourth-order valence-corrected chi connectivity index (χ4v) is 1.43. The molecular weight excluding hydrogens is 184 g/mol. The smallest absolute Gasteiger partial charge is 0.0815 e. The molecule has 0 aliphatic rings. The van der Waals surface area contributed by atoms with Gasteiger partial charge in [-0.3, -0.25) is 0 Å². The van der Waals surface area contributed by atoms with Crippen molar-refractivity contribution in [2.24, 2.45) is 5.41 Å². The Morgan fingerprint density at radius 2 is 2.13 bits per heavy atom. The van der Waals surface area contributed by atoms with Crippen molar-refractivity contribution in [1.29, 1.82) is 0 Å². The highest BCUT2D eigenvalue weighted by Gasteiger charge is 2.27. The van der Waals surface area contributed by atoms with Crippen molar-refractivity contribution < 1.29 is 4.74 Å². The number of terminal acetylenes is 1. The summed E-state index contributed by atoms with van der Waals surface area (Å²) in [5, 5.41) is 0. The maximum atomic E-state index is 5.86. The second-order valence-corrected chi connectivity index (χ2v) is 4.54. The van der Waals surface area contributed by atoms with Crippen LogP contribution in [0.5, 0.6) is 0 Å². The first-order valence-corrected chi connectivity index (χ1v) is 5.76. The van der Waals surface area contributed by atoms with Crippen molar-refractivity contribution in [1.82, 2.24) is 0 Å². The Labute approximate surface area is 94.9 Å². The molecule has 0 saturated carbocycles. The van der Waals surface area contributed by atoms with Crippen molar-refractivity contribution in [2.45, 2.75) is 53.1 Å². The Hall–Kier alpha value is -0.740. The number of hydrogen-bond donors (Lipinski definition) is 0. The molecule has 15 heavy (non-hydrogen) atoms. The third-order valence-corrected chi connectivity index (χ3v) is 2.49. The molecular formula is C14H24O. The van der Waals surface area contributed by atoms with Gasteiger partial charge in [-0.2, -0.15) is 0 Å². The van der Waals surface area contributed by atoms with E-state index in [1.807, 2.05) is 13.0 Å². The van der Waals surface area contributed by atoms with Gasteiger partial charge in [0.15, 0.2) is 0 Å². The fourth-order valence-electron chi connectivity index (χ4n) is 1.43. The highest BCUT2D eigenvalue weighted by Crippen LogP contribution is 2.28. The monoisotopic (exact) mass is 208 g/mol. The zero-order valence-electron chi connectivity index (χ0n) is 10.5. The molecule has 0 aromatic heterocycles. The van der Waals surface area contributed by atoms with Crippen molar-refractivity contribution in [3.63, 3.8) is 0 Å². The zero-order chi connectivity index (χ0) is 11.7. The summed E-state index contributed by atoms with van der Waals surface area (Å²) in [6.45, 7) is 9.31. The number of ether oxygens (including phenoxy) is 1. The van der Waals surface area contributed by atoms with Gasteiger partial charge in [0, 0.05) is 18.4 Å². The van der Waals surface area contributed by atoms with Crippen LogP contribution in [-0.4, -0.2) is 12.7 Å². The van der Waals surface area contributed by atoms with Gasteiger partial charge in [0.25, 0.3) is 0 Å². The standard InChI is InChI=1S/C14H24O/c1-6-9-12-15-13(10-7-2)14(4,5)11-8-3/h3,7,10,13H,6,9,11-12H2,1-2,4-5H3/t13-/m0/s1.